The normalized spacial score (nSPS) is 9.11. The first-order valence-electron chi connectivity index (χ1n) is 2.77. The third kappa shape index (κ3) is 5.59. The van der Waals surface area contributed by atoms with E-state index in [-0.39, 0.29) is 11.8 Å². The zero-order valence-electron chi connectivity index (χ0n) is 5.32. The first-order chi connectivity index (χ1) is 4.31. The molecule has 1 N–H and O–H groups in total. The quantitative estimate of drug-likeness (QED) is 0.365. The zero-order chi connectivity index (χ0) is 7.11. The van der Waals surface area contributed by atoms with Gasteiger partial charge in [0.2, 0.25) is 0 Å². The van der Waals surface area contributed by atoms with E-state index in [4.69, 9.17) is 11.6 Å². The third-order valence-electron chi connectivity index (χ3n) is 0.614. The van der Waals surface area contributed by atoms with Crippen molar-refractivity contribution in [3.63, 3.8) is 0 Å². The van der Waals surface area contributed by atoms with Gasteiger partial charge >= 0.3 is 0 Å². The van der Waals surface area contributed by atoms with Gasteiger partial charge in [0.15, 0.2) is 0 Å². The average molecular weight is 152 g/mol. The molecule has 0 aliphatic rings. The molecule has 54 valence electrons. The lowest BCUT2D eigenvalue weighted by Crippen LogP contribution is -2.24. The Bertz CT molecular complexity index is 87.0. The Hall–Kier alpha value is -0.280. The second kappa shape index (κ2) is 5.85. The predicted molar refractivity (Wildman–Crippen MR) is 35.1 cm³/mol. The molecule has 0 aliphatic carbocycles. The summed E-state index contributed by atoms with van der Waals surface area (Å²) in [6.45, 7) is 2.48. The van der Waals surface area contributed by atoms with Gasteiger partial charge in [0.05, 0.1) is 6.61 Å². The Balaban J connectivity index is 2.97. The molecule has 0 radical (unpaired) electrons. The standard InChI is InChI=1S/C5H10ClNO2/c1-2-3-9-7-5(8)4-6/h2-4H2,1H3,(H,7,8). The van der Waals surface area contributed by atoms with E-state index >= 15 is 0 Å². The molecule has 3 nitrogen and oxygen atoms in total. The largest absolute Gasteiger partial charge is 0.274 e. The van der Waals surface area contributed by atoms with Gasteiger partial charge in [-0.2, -0.15) is 0 Å². The summed E-state index contributed by atoms with van der Waals surface area (Å²) < 4.78 is 0. The fraction of sp³-hybridized carbons (Fsp3) is 0.800. The Morgan fingerprint density at radius 1 is 1.78 bits per heavy atom. The van der Waals surface area contributed by atoms with Crippen molar-refractivity contribution in [1.29, 1.82) is 0 Å². The van der Waals surface area contributed by atoms with Crippen LogP contribution >= 0.6 is 11.6 Å². The van der Waals surface area contributed by atoms with Crippen LogP contribution < -0.4 is 5.48 Å². The topological polar surface area (TPSA) is 38.3 Å². The van der Waals surface area contributed by atoms with E-state index < -0.39 is 0 Å². The monoisotopic (exact) mass is 151 g/mol. The fourth-order valence-corrected chi connectivity index (χ4v) is 0.315. The Morgan fingerprint density at radius 2 is 2.44 bits per heavy atom. The molecular weight excluding hydrogens is 142 g/mol. The van der Waals surface area contributed by atoms with Crippen molar-refractivity contribution < 1.29 is 9.63 Å². The molecule has 1 amide bonds. The maximum absolute atomic E-state index is 10.3. The van der Waals surface area contributed by atoms with Crippen molar-refractivity contribution in [3.8, 4) is 0 Å². The number of rotatable bonds is 4. The summed E-state index contributed by atoms with van der Waals surface area (Å²) in [5.74, 6) is -0.353. The van der Waals surface area contributed by atoms with E-state index in [9.17, 15) is 4.79 Å². The van der Waals surface area contributed by atoms with Gasteiger partial charge in [-0.05, 0) is 6.42 Å². The van der Waals surface area contributed by atoms with Gasteiger partial charge < -0.3 is 0 Å². The molecule has 0 spiro atoms. The van der Waals surface area contributed by atoms with E-state index in [1.54, 1.807) is 0 Å². The van der Waals surface area contributed by atoms with Gasteiger partial charge in [0.1, 0.15) is 5.88 Å². The van der Waals surface area contributed by atoms with Crippen LogP contribution in [0.4, 0.5) is 0 Å². The van der Waals surface area contributed by atoms with Crippen molar-refractivity contribution in [2.75, 3.05) is 12.5 Å². The number of amides is 1. The SMILES string of the molecule is CCCONC(=O)CCl. The van der Waals surface area contributed by atoms with Crippen molar-refractivity contribution in [1.82, 2.24) is 5.48 Å². The Morgan fingerprint density at radius 3 is 2.89 bits per heavy atom. The molecule has 0 aromatic heterocycles. The summed E-state index contributed by atoms with van der Waals surface area (Å²) in [6.07, 6.45) is 0.878. The summed E-state index contributed by atoms with van der Waals surface area (Å²) in [7, 11) is 0. The van der Waals surface area contributed by atoms with Gasteiger partial charge in [-0.1, -0.05) is 6.92 Å². The van der Waals surface area contributed by atoms with Crippen LogP contribution in [0.15, 0.2) is 0 Å². The number of halogens is 1. The van der Waals surface area contributed by atoms with Crippen molar-refractivity contribution in [2.45, 2.75) is 13.3 Å². The molecule has 0 saturated heterocycles. The van der Waals surface area contributed by atoms with Gasteiger partial charge in [-0.25, -0.2) is 5.48 Å². The first kappa shape index (κ1) is 8.72. The number of hydroxylamine groups is 1. The molecule has 0 rings (SSSR count). The lowest BCUT2D eigenvalue weighted by atomic mass is 10.5. The molecule has 0 unspecified atom stereocenters. The van der Waals surface area contributed by atoms with Crippen LogP contribution in [-0.4, -0.2) is 18.4 Å². The molecule has 0 bridgehead atoms. The van der Waals surface area contributed by atoms with E-state index in [2.05, 4.69) is 10.3 Å². The van der Waals surface area contributed by atoms with Gasteiger partial charge in [-0.15, -0.1) is 11.6 Å². The second-order valence-electron chi connectivity index (χ2n) is 1.51. The molecule has 0 aliphatic heterocycles. The van der Waals surface area contributed by atoms with Crippen LogP contribution in [0.3, 0.4) is 0 Å². The average Bonchev–Trinajstić information content (AvgIpc) is 1.89. The van der Waals surface area contributed by atoms with Crippen LogP contribution in [0.25, 0.3) is 0 Å². The van der Waals surface area contributed by atoms with E-state index in [0.29, 0.717) is 6.61 Å². The number of alkyl halides is 1. The van der Waals surface area contributed by atoms with Crippen molar-refractivity contribution >= 4 is 17.5 Å². The van der Waals surface area contributed by atoms with Gasteiger partial charge in [-0.3, -0.25) is 9.63 Å². The van der Waals surface area contributed by atoms with Gasteiger partial charge in [0.25, 0.3) is 5.91 Å². The van der Waals surface area contributed by atoms with Crippen molar-refractivity contribution in [2.24, 2.45) is 0 Å². The van der Waals surface area contributed by atoms with Crippen LogP contribution in [-0.2, 0) is 9.63 Å². The molecule has 0 saturated carbocycles. The molecule has 0 fully saturated rings. The summed E-state index contributed by atoms with van der Waals surface area (Å²) >= 11 is 5.14. The summed E-state index contributed by atoms with van der Waals surface area (Å²) in [6, 6.07) is 0. The smallest absolute Gasteiger partial charge is 0.258 e. The van der Waals surface area contributed by atoms with Crippen LogP contribution in [0.2, 0.25) is 0 Å². The van der Waals surface area contributed by atoms with Crippen LogP contribution in [0.1, 0.15) is 13.3 Å². The number of nitrogens with one attached hydrogen (secondary N) is 1. The maximum atomic E-state index is 10.3. The molecule has 0 atom stereocenters. The van der Waals surface area contributed by atoms with E-state index in [0.717, 1.165) is 6.42 Å². The molecule has 4 heteroatoms. The van der Waals surface area contributed by atoms with E-state index in [1.165, 1.54) is 0 Å². The number of carbonyl (C=O) groups excluding carboxylic acids is 1. The second-order valence-corrected chi connectivity index (χ2v) is 1.77. The van der Waals surface area contributed by atoms with Crippen molar-refractivity contribution in [3.05, 3.63) is 0 Å². The Labute approximate surface area is 59.3 Å². The summed E-state index contributed by atoms with van der Waals surface area (Å²) in [4.78, 5) is 15.0. The summed E-state index contributed by atoms with van der Waals surface area (Å²) in [5, 5.41) is 0. The summed E-state index contributed by atoms with van der Waals surface area (Å²) in [5.41, 5.74) is 2.16. The number of carbonyl (C=O) groups is 1. The minimum atomic E-state index is -0.301. The number of hydrogen-bond donors (Lipinski definition) is 1. The highest BCUT2D eigenvalue weighted by Gasteiger charge is 1.94. The van der Waals surface area contributed by atoms with Crippen LogP contribution in [0, 0.1) is 0 Å². The highest BCUT2D eigenvalue weighted by molar-refractivity contribution is 6.27. The third-order valence-corrected chi connectivity index (χ3v) is 0.856. The highest BCUT2D eigenvalue weighted by atomic mass is 35.5. The molecule has 9 heavy (non-hydrogen) atoms. The highest BCUT2D eigenvalue weighted by Crippen LogP contribution is 1.77. The minimum Gasteiger partial charge on any atom is -0.274 e. The molecule has 0 aromatic rings. The van der Waals surface area contributed by atoms with E-state index in [1.807, 2.05) is 6.92 Å². The first-order valence-corrected chi connectivity index (χ1v) is 3.31. The molecule has 0 heterocycles. The van der Waals surface area contributed by atoms with Crippen LogP contribution in [0.5, 0.6) is 0 Å². The minimum absolute atomic E-state index is 0.0519. The Kier molecular flexibility index (Phi) is 5.67. The zero-order valence-corrected chi connectivity index (χ0v) is 6.07. The lowest BCUT2D eigenvalue weighted by Gasteiger charge is -1.99. The molecule has 0 aromatic carbocycles. The number of hydrogen-bond acceptors (Lipinski definition) is 2. The lowest BCUT2D eigenvalue weighted by molar-refractivity contribution is -0.130. The fourth-order valence-electron chi connectivity index (χ4n) is 0.261. The molecular formula is C5H10ClNO2. The maximum Gasteiger partial charge on any atom is 0.258 e. The van der Waals surface area contributed by atoms with Gasteiger partial charge in [0, 0.05) is 0 Å². The predicted octanol–water partition coefficient (Wildman–Crippen LogP) is 0.683.